The van der Waals surface area contributed by atoms with Gasteiger partial charge in [0.1, 0.15) is 0 Å². The number of hydrazone groups is 1. The van der Waals surface area contributed by atoms with Gasteiger partial charge in [-0.15, -0.1) is 11.8 Å². The molecule has 0 fully saturated rings. The van der Waals surface area contributed by atoms with Crippen LogP contribution >= 0.6 is 11.8 Å². The van der Waals surface area contributed by atoms with Crippen molar-refractivity contribution in [3.63, 3.8) is 0 Å². The smallest absolute Gasteiger partial charge is 0.252 e. The zero-order valence-electron chi connectivity index (χ0n) is 15.2. The van der Waals surface area contributed by atoms with Gasteiger partial charge in [0, 0.05) is 18.4 Å². The van der Waals surface area contributed by atoms with Gasteiger partial charge in [-0.3, -0.25) is 9.59 Å². The molecule has 0 spiro atoms. The van der Waals surface area contributed by atoms with Crippen LogP contribution in [0.3, 0.4) is 0 Å². The fourth-order valence-electron chi connectivity index (χ4n) is 2.19. The predicted octanol–water partition coefficient (Wildman–Crippen LogP) is 3.81. The van der Waals surface area contributed by atoms with E-state index in [9.17, 15) is 9.59 Å². The van der Waals surface area contributed by atoms with Gasteiger partial charge < -0.3 is 5.32 Å². The summed E-state index contributed by atoms with van der Waals surface area (Å²) in [6.45, 7) is 5.14. The second kappa shape index (κ2) is 9.77. The van der Waals surface area contributed by atoms with Crippen molar-refractivity contribution in [2.24, 2.45) is 5.10 Å². The summed E-state index contributed by atoms with van der Waals surface area (Å²) in [7, 11) is 0. The molecule has 0 saturated carbocycles. The first-order valence-corrected chi connectivity index (χ1v) is 9.38. The zero-order valence-corrected chi connectivity index (χ0v) is 16.0. The topological polar surface area (TPSA) is 70.6 Å². The number of amides is 2. The molecule has 6 heteroatoms. The van der Waals surface area contributed by atoms with E-state index in [-0.39, 0.29) is 17.1 Å². The lowest BCUT2D eigenvalue weighted by Crippen LogP contribution is -2.27. The molecule has 2 aromatic rings. The molecule has 0 unspecified atom stereocenters. The molecule has 0 aliphatic rings. The van der Waals surface area contributed by atoms with Crippen molar-refractivity contribution in [1.29, 1.82) is 0 Å². The van der Waals surface area contributed by atoms with Gasteiger partial charge in [0.15, 0.2) is 0 Å². The fourth-order valence-corrected chi connectivity index (χ4v) is 3.03. The number of hydrogen-bond acceptors (Lipinski definition) is 4. The van der Waals surface area contributed by atoms with Gasteiger partial charge >= 0.3 is 0 Å². The van der Waals surface area contributed by atoms with Gasteiger partial charge in [-0.25, -0.2) is 5.43 Å². The van der Waals surface area contributed by atoms with E-state index in [1.807, 2.05) is 62.4 Å². The summed E-state index contributed by atoms with van der Waals surface area (Å²) in [6, 6.07) is 17.4. The molecule has 2 rings (SSSR count). The van der Waals surface area contributed by atoms with Gasteiger partial charge in [0.05, 0.1) is 11.0 Å². The van der Waals surface area contributed by atoms with Crippen LogP contribution in [0, 0.1) is 0 Å². The Labute approximate surface area is 158 Å². The van der Waals surface area contributed by atoms with Crippen molar-refractivity contribution in [1.82, 2.24) is 5.43 Å². The molecule has 2 N–H and O–H groups in total. The molecule has 2 aromatic carbocycles. The highest BCUT2D eigenvalue weighted by molar-refractivity contribution is 7.99. The summed E-state index contributed by atoms with van der Waals surface area (Å²) >= 11 is 1.57. The Balaban J connectivity index is 1.90. The van der Waals surface area contributed by atoms with E-state index < -0.39 is 0 Å². The maximum atomic E-state index is 12.2. The molecule has 26 heavy (non-hydrogen) atoms. The van der Waals surface area contributed by atoms with Crippen LogP contribution in [-0.4, -0.2) is 22.8 Å². The molecule has 1 atom stereocenters. The van der Waals surface area contributed by atoms with Gasteiger partial charge in [-0.2, -0.15) is 5.10 Å². The molecule has 0 bridgehead atoms. The van der Waals surface area contributed by atoms with Crippen LogP contribution in [0.5, 0.6) is 0 Å². The van der Waals surface area contributed by atoms with Crippen LogP contribution in [0.15, 0.2) is 59.7 Å². The van der Waals surface area contributed by atoms with Crippen molar-refractivity contribution in [2.45, 2.75) is 31.8 Å². The Kier molecular flexibility index (Phi) is 7.41. The molecule has 0 aliphatic heterocycles. The molecule has 0 aliphatic carbocycles. The number of rotatable bonds is 7. The summed E-state index contributed by atoms with van der Waals surface area (Å²) < 4.78 is 0. The maximum absolute atomic E-state index is 12.2. The largest absolute Gasteiger partial charge is 0.326 e. The quantitative estimate of drug-likeness (QED) is 0.576. The highest BCUT2D eigenvalue weighted by atomic mass is 32.2. The first-order chi connectivity index (χ1) is 12.5. The number of carbonyl (C=O) groups excluding carboxylic acids is 2. The Morgan fingerprint density at radius 3 is 2.50 bits per heavy atom. The maximum Gasteiger partial charge on any atom is 0.252 e. The van der Waals surface area contributed by atoms with Crippen molar-refractivity contribution in [3.05, 3.63) is 65.7 Å². The number of carbonyl (C=O) groups is 2. The number of hydrogen-bond donors (Lipinski definition) is 2. The lowest BCUT2D eigenvalue weighted by atomic mass is 10.1. The SMILES string of the molecule is CC(=O)Nc1cccc(/C(C)=N\NC(=O)[C@H](C)SCc2ccccc2)c1. The first-order valence-electron chi connectivity index (χ1n) is 8.33. The summed E-state index contributed by atoms with van der Waals surface area (Å²) in [5.41, 5.74) is 6.01. The highest BCUT2D eigenvalue weighted by Crippen LogP contribution is 2.17. The lowest BCUT2D eigenvalue weighted by Gasteiger charge is -2.10. The molecular weight excluding hydrogens is 346 g/mol. The molecule has 136 valence electrons. The van der Waals surface area contributed by atoms with Gasteiger partial charge in [0.2, 0.25) is 5.91 Å². The van der Waals surface area contributed by atoms with Crippen LogP contribution in [0.4, 0.5) is 5.69 Å². The minimum absolute atomic E-state index is 0.130. The Hall–Kier alpha value is -2.60. The third-order valence-corrected chi connectivity index (χ3v) is 4.86. The van der Waals surface area contributed by atoms with Crippen LogP contribution in [0.1, 0.15) is 31.9 Å². The normalized spacial score (nSPS) is 12.3. The first kappa shape index (κ1) is 19.7. The van der Waals surface area contributed by atoms with Crippen LogP contribution in [0.25, 0.3) is 0 Å². The number of nitrogens with zero attached hydrogens (tertiary/aromatic N) is 1. The lowest BCUT2D eigenvalue weighted by molar-refractivity contribution is -0.120. The monoisotopic (exact) mass is 369 g/mol. The van der Waals surface area contributed by atoms with Gasteiger partial charge in [0.25, 0.3) is 5.91 Å². The second-order valence-electron chi connectivity index (χ2n) is 5.87. The molecular formula is C20H23N3O2S. The molecule has 5 nitrogen and oxygen atoms in total. The summed E-state index contributed by atoms with van der Waals surface area (Å²) in [4.78, 5) is 23.4. The van der Waals surface area contributed by atoms with Gasteiger partial charge in [-0.1, -0.05) is 42.5 Å². The average molecular weight is 369 g/mol. The van der Waals surface area contributed by atoms with Crippen molar-refractivity contribution in [2.75, 3.05) is 5.32 Å². The van der Waals surface area contributed by atoms with Crippen LogP contribution in [-0.2, 0) is 15.3 Å². The molecule has 2 amide bonds. The second-order valence-corrected chi connectivity index (χ2v) is 7.20. The number of benzene rings is 2. The fraction of sp³-hybridized carbons (Fsp3) is 0.250. The van der Waals surface area contributed by atoms with Gasteiger partial charge in [-0.05, 0) is 37.1 Å². The Morgan fingerprint density at radius 1 is 1.08 bits per heavy atom. The standard InChI is InChI=1S/C20H23N3O2S/c1-14(18-10-7-11-19(12-18)21-16(3)24)22-23-20(25)15(2)26-13-17-8-5-4-6-9-17/h4-12,15H,13H2,1-3H3,(H,21,24)(H,23,25)/b22-14-/t15-/m0/s1. The molecule has 0 aromatic heterocycles. The van der Waals surface area contributed by atoms with E-state index >= 15 is 0 Å². The van der Waals surface area contributed by atoms with E-state index in [4.69, 9.17) is 0 Å². The summed E-state index contributed by atoms with van der Waals surface area (Å²) in [5.74, 6) is 0.509. The third-order valence-electron chi connectivity index (χ3n) is 3.65. The number of anilines is 1. The highest BCUT2D eigenvalue weighted by Gasteiger charge is 2.13. The van der Waals surface area contributed by atoms with E-state index in [0.29, 0.717) is 11.4 Å². The zero-order chi connectivity index (χ0) is 18.9. The molecule has 0 heterocycles. The summed E-state index contributed by atoms with van der Waals surface area (Å²) in [6.07, 6.45) is 0. The molecule has 0 radical (unpaired) electrons. The minimum atomic E-state index is -0.211. The average Bonchev–Trinajstić information content (AvgIpc) is 2.64. The van der Waals surface area contributed by atoms with Crippen molar-refractivity contribution in [3.8, 4) is 0 Å². The van der Waals surface area contributed by atoms with Crippen LogP contribution < -0.4 is 10.7 Å². The Morgan fingerprint density at radius 2 is 1.81 bits per heavy atom. The number of thioether (sulfide) groups is 1. The number of nitrogens with one attached hydrogen (secondary N) is 2. The van der Waals surface area contributed by atoms with Crippen molar-refractivity contribution >= 4 is 35.0 Å². The van der Waals surface area contributed by atoms with Crippen molar-refractivity contribution < 1.29 is 9.59 Å². The molecule has 0 saturated heterocycles. The van der Waals surface area contributed by atoms with E-state index in [1.54, 1.807) is 17.8 Å². The predicted molar refractivity (Wildman–Crippen MR) is 108 cm³/mol. The third kappa shape index (κ3) is 6.37. The Bertz CT molecular complexity index is 791. The minimum Gasteiger partial charge on any atom is -0.326 e. The van der Waals surface area contributed by atoms with Crippen LogP contribution in [0.2, 0.25) is 0 Å². The van der Waals surface area contributed by atoms with E-state index in [1.165, 1.54) is 12.5 Å². The van der Waals surface area contributed by atoms with E-state index in [2.05, 4.69) is 15.8 Å². The summed E-state index contributed by atoms with van der Waals surface area (Å²) in [5, 5.41) is 6.70. The van der Waals surface area contributed by atoms with E-state index in [0.717, 1.165) is 11.3 Å².